The van der Waals surface area contributed by atoms with Crippen molar-refractivity contribution >= 4 is 15.9 Å². The Kier molecular flexibility index (Phi) is 6.68. The summed E-state index contributed by atoms with van der Waals surface area (Å²) < 4.78 is 6.88. The van der Waals surface area contributed by atoms with Crippen molar-refractivity contribution in [2.45, 2.75) is 26.8 Å². The van der Waals surface area contributed by atoms with Gasteiger partial charge in [-0.05, 0) is 38.2 Å². The Morgan fingerprint density at radius 1 is 1.33 bits per heavy atom. The van der Waals surface area contributed by atoms with Gasteiger partial charge in [0.1, 0.15) is 12.4 Å². The minimum atomic E-state index is -0.0223. The second-order valence-electron chi connectivity index (χ2n) is 4.35. The predicted octanol–water partition coefficient (Wildman–Crippen LogP) is 3.19. The van der Waals surface area contributed by atoms with E-state index in [0.717, 1.165) is 35.4 Å². The van der Waals surface area contributed by atoms with E-state index in [1.165, 1.54) is 0 Å². The van der Waals surface area contributed by atoms with Crippen LogP contribution in [0.3, 0.4) is 0 Å². The van der Waals surface area contributed by atoms with Crippen molar-refractivity contribution in [3.63, 3.8) is 0 Å². The molecule has 102 valence electrons. The minimum absolute atomic E-state index is 0.0223. The second kappa shape index (κ2) is 7.77. The molecule has 0 spiro atoms. The van der Waals surface area contributed by atoms with Gasteiger partial charge < -0.3 is 15.4 Å². The first kappa shape index (κ1) is 15.5. The molecule has 0 aliphatic heterocycles. The Balaban J connectivity index is 2.61. The monoisotopic (exact) mass is 314 g/mol. The van der Waals surface area contributed by atoms with Crippen molar-refractivity contribution in [1.29, 1.82) is 0 Å². The number of rotatable bonds is 7. The lowest BCUT2D eigenvalue weighted by atomic mass is 10.1. The number of nitrogens with two attached hydrogens (primary N) is 1. The first-order valence-corrected chi connectivity index (χ1v) is 7.28. The molecule has 0 fully saturated rings. The van der Waals surface area contributed by atoms with E-state index in [9.17, 15) is 0 Å². The Morgan fingerprint density at radius 3 is 2.56 bits per heavy atom. The molecular weight excluding hydrogens is 292 g/mol. The fourth-order valence-corrected chi connectivity index (χ4v) is 2.21. The van der Waals surface area contributed by atoms with Gasteiger partial charge in [0.05, 0.1) is 0 Å². The first-order chi connectivity index (χ1) is 8.58. The topological polar surface area (TPSA) is 38.5 Å². The zero-order chi connectivity index (χ0) is 13.5. The lowest BCUT2D eigenvalue weighted by Crippen LogP contribution is -2.28. The number of ether oxygens (including phenoxy) is 1. The molecule has 4 heteroatoms. The third-order valence-corrected chi connectivity index (χ3v) is 3.52. The zero-order valence-electron chi connectivity index (χ0n) is 11.4. The van der Waals surface area contributed by atoms with Crippen LogP contribution < -0.4 is 10.5 Å². The number of nitrogens with zero attached hydrogens (tertiary/aromatic N) is 1. The summed E-state index contributed by atoms with van der Waals surface area (Å²) in [5.74, 6) is 0.889. The molecule has 1 rings (SSSR count). The van der Waals surface area contributed by atoms with Gasteiger partial charge in [-0.3, -0.25) is 0 Å². The second-order valence-corrected chi connectivity index (χ2v) is 5.26. The largest absolute Gasteiger partial charge is 0.492 e. The molecular formula is C14H23BrN2O. The van der Waals surface area contributed by atoms with Crippen LogP contribution in [-0.2, 0) is 0 Å². The third-order valence-electron chi connectivity index (χ3n) is 3.02. The van der Waals surface area contributed by atoms with Crippen LogP contribution in [0.5, 0.6) is 5.75 Å². The highest BCUT2D eigenvalue weighted by atomic mass is 79.9. The van der Waals surface area contributed by atoms with Crippen LogP contribution in [-0.4, -0.2) is 31.1 Å². The standard InChI is InChI=1S/C14H23BrN2O/c1-4-17(5-2)8-9-18-14-7-6-12(15)10-13(14)11(3)16/h6-7,10-11H,4-5,8-9,16H2,1-3H3/t11-/m1/s1. The molecule has 2 N–H and O–H groups in total. The van der Waals surface area contributed by atoms with E-state index in [1.807, 2.05) is 25.1 Å². The molecule has 0 amide bonds. The van der Waals surface area contributed by atoms with Gasteiger partial charge in [-0.25, -0.2) is 0 Å². The smallest absolute Gasteiger partial charge is 0.124 e. The van der Waals surface area contributed by atoms with E-state index in [0.29, 0.717) is 6.61 Å². The van der Waals surface area contributed by atoms with Gasteiger partial charge in [0.15, 0.2) is 0 Å². The first-order valence-electron chi connectivity index (χ1n) is 6.48. The maximum Gasteiger partial charge on any atom is 0.124 e. The molecule has 0 radical (unpaired) electrons. The summed E-state index contributed by atoms with van der Waals surface area (Å²) in [7, 11) is 0. The van der Waals surface area contributed by atoms with Gasteiger partial charge in [0.25, 0.3) is 0 Å². The highest BCUT2D eigenvalue weighted by Gasteiger charge is 2.09. The van der Waals surface area contributed by atoms with Crippen molar-refractivity contribution in [2.24, 2.45) is 5.73 Å². The third kappa shape index (κ3) is 4.59. The van der Waals surface area contributed by atoms with Crippen molar-refractivity contribution in [1.82, 2.24) is 4.90 Å². The van der Waals surface area contributed by atoms with E-state index in [2.05, 4.69) is 34.7 Å². The van der Waals surface area contributed by atoms with Gasteiger partial charge >= 0.3 is 0 Å². The number of hydrogen-bond acceptors (Lipinski definition) is 3. The number of benzene rings is 1. The molecule has 18 heavy (non-hydrogen) atoms. The number of halogens is 1. The molecule has 0 unspecified atom stereocenters. The molecule has 0 aliphatic carbocycles. The van der Waals surface area contributed by atoms with Gasteiger partial charge in [-0.2, -0.15) is 0 Å². The number of likely N-dealkylation sites (N-methyl/N-ethyl adjacent to an activating group) is 1. The van der Waals surface area contributed by atoms with Crippen molar-refractivity contribution < 1.29 is 4.74 Å². The molecule has 0 bridgehead atoms. The van der Waals surface area contributed by atoms with E-state index in [-0.39, 0.29) is 6.04 Å². The van der Waals surface area contributed by atoms with Crippen LogP contribution in [0.1, 0.15) is 32.4 Å². The predicted molar refractivity (Wildman–Crippen MR) is 80.0 cm³/mol. The van der Waals surface area contributed by atoms with Gasteiger partial charge in [-0.1, -0.05) is 29.8 Å². The Labute approximate surface area is 118 Å². The SMILES string of the molecule is CCN(CC)CCOc1ccc(Br)cc1[C@@H](C)N. The molecule has 1 aromatic carbocycles. The molecule has 1 atom stereocenters. The number of hydrogen-bond donors (Lipinski definition) is 1. The lowest BCUT2D eigenvalue weighted by Gasteiger charge is -2.19. The molecule has 0 saturated carbocycles. The summed E-state index contributed by atoms with van der Waals surface area (Å²) in [5.41, 5.74) is 7.00. The molecule has 3 nitrogen and oxygen atoms in total. The summed E-state index contributed by atoms with van der Waals surface area (Å²) in [4.78, 5) is 2.34. The molecule has 0 saturated heterocycles. The van der Waals surface area contributed by atoms with E-state index < -0.39 is 0 Å². The van der Waals surface area contributed by atoms with Crippen LogP contribution in [0.2, 0.25) is 0 Å². The molecule has 0 heterocycles. The van der Waals surface area contributed by atoms with Crippen LogP contribution in [0, 0.1) is 0 Å². The Morgan fingerprint density at radius 2 is 2.00 bits per heavy atom. The molecule has 0 aliphatic rings. The quantitative estimate of drug-likeness (QED) is 0.840. The summed E-state index contributed by atoms with van der Waals surface area (Å²) in [5, 5.41) is 0. The van der Waals surface area contributed by atoms with Crippen molar-refractivity contribution in [2.75, 3.05) is 26.2 Å². The maximum atomic E-state index is 5.96. The van der Waals surface area contributed by atoms with Crippen LogP contribution in [0.25, 0.3) is 0 Å². The summed E-state index contributed by atoms with van der Waals surface area (Å²) in [6.07, 6.45) is 0. The van der Waals surface area contributed by atoms with Gasteiger partial charge in [0.2, 0.25) is 0 Å². The highest BCUT2D eigenvalue weighted by Crippen LogP contribution is 2.27. The average molecular weight is 315 g/mol. The summed E-state index contributed by atoms with van der Waals surface area (Å²) in [6.45, 7) is 10.1. The van der Waals surface area contributed by atoms with Gasteiger partial charge in [0, 0.05) is 22.6 Å². The van der Waals surface area contributed by atoms with E-state index in [4.69, 9.17) is 10.5 Å². The van der Waals surface area contributed by atoms with Crippen molar-refractivity contribution in [3.05, 3.63) is 28.2 Å². The normalized spacial score (nSPS) is 12.8. The molecule has 1 aromatic rings. The fourth-order valence-electron chi connectivity index (χ4n) is 1.83. The highest BCUT2D eigenvalue weighted by molar-refractivity contribution is 9.10. The van der Waals surface area contributed by atoms with Crippen LogP contribution >= 0.6 is 15.9 Å². The van der Waals surface area contributed by atoms with E-state index in [1.54, 1.807) is 0 Å². The Bertz CT molecular complexity index is 365. The maximum absolute atomic E-state index is 5.96. The minimum Gasteiger partial charge on any atom is -0.492 e. The van der Waals surface area contributed by atoms with E-state index >= 15 is 0 Å². The fraction of sp³-hybridized carbons (Fsp3) is 0.571. The Hall–Kier alpha value is -0.580. The zero-order valence-corrected chi connectivity index (χ0v) is 13.0. The lowest BCUT2D eigenvalue weighted by molar-refractivity contribution is 0.221. The summed E-state index contributed by atoms with van der Waals surface area (Å²) in [6, 6.07) is 5.96. The average Bonchev–Trinajstić information content (AvgIpc) is 2.36. The van der Waals surface area contributed by atoms with Gasteiger partial charge in [-0.15, -0.1) is 0 Å². The van der Waals surface area contributed by atoms with Crippen LogP contribution in [0.15, 0.2) is 22.7 Å². The summed E-state index contributed by atoms with van der Waals surface area (Å²) >= 11 is 3.46. The van der Waals surface area contributed by atoms with Crippen molar-refractivity contribution in [3.8, 4) is 5.75 Å². The van der Waals surface area contributed by atoms with Crippen LogP contribution in [0.4, 0.5) is 0 Å². The molecule has 0 aromatic heterocycles.